The van der Waals surface area contributed by atoms with Crippen molar-refractivity contribution in [3.8, 4) is 17.2 Å². The van der Waals surface area contributed by atoms with Crippen molar-refractivity contribution in [2.75, 3.05) is 6.54 Å². The zero-order valence-electron chi connectivity index (χ0n) is 16.9. The molecule has 0 unspecified atom stereocenters. The summed E-state index contributed by atoms with van der Waals surface area (Å²) in [5, 5.41) is 32.6. The van der Waals surface area contributed by atoms with E-state index in [1.807, 2.05) is 0 Å². The zero-order chi connectivity index (χ0) is 22.5. The summed E-state index contributed by atoms with van der Waals surface area (Å²) in [5.41, 5.74) is -1.77. The lowest BCUT2D eigenvalue weighted by Crippen LogP contribution is -2.41. The number of fused-ring (bicyclic) bond motifs is 3. The van der Waals surface area contributed by atoms with Gasteiger partial charge in [-0.3, -0.25) is 19.2 Å². The number of nitrogens with one attached hydrogen (secondary N) is 1. The Morgan fingerprint density at radius 2 is 1.80 bits per heavy atom. The minimum atomic E-state index is -1.60. The van der Waals surface area contributed by atoms with E-state index >= 15 is 0 Å². The van der Waals surface area contributed by atoms with Crippen molar-refractivity contribution in [1.82, 2.24) is 5.32 Å². The van der Waals surface area contributed by atoms with Gasteiger partial charge in [0, 0.05) is 23.9 Å². The third kappa shape index (κ3) is 2.85. The maximum atomic E-state index is 13.5. The number of hydrogen-bond acceptors (Lipinski definition) is 8. The molecule has 0 amide bonds. The standard InChI is InChI=1S/C21H21NO8/c1-8-17(27)15(10(3)23)19-16(18(8)28)21(4)12(30-19)7-11(24)14(20(21)29)9(2)22-6-5-13(25)26/h7,22,27-28H,5-6H2,1-4H3,(H,25,26)/b14-9+/t21-/m0/s1. The normalized spacial score (nSPS) is 21.4. The molecular formula is C21H21NO8. The molecule has 30 heavy (non-hydrogen) atoms. The number of Topliss-reactive ketones (excluding diaryl/α,β-unsaturated/α-hetero) is 2. The summed E-state index contributed by atoms with van der Waals surface area (Å²) < 4.78 is 5.66. The second kappa shape index (κ2) is 7.01. The number of ether oxygens (including phenoxy) is 1. The predicted octanol–water partition coefficient (Wildman–Crippen LogP) is 1.63. The van der Waals surface area contributed by atoms with Crippen molar-refractivity contribution < 1.29 is 39.2 Å². The van der Waals surface area contributed by atoms with Crippen molar-refractivity contribution in [2.45, 2.75) is 39.5 Å². The van der Waals surface area contributed by atoms with Crippen LogP contribution in [0.5, 0.6) is 17.2 Å². The number of aromatic hydroxyl groups is 2. The topological polar surface area (TPSA) is 150 Å². The zero-order valence-corrected chi connectivity index (χ0v) is 16.9. The molecule has 0 saturated carbocycles. The first-order valence-corrected chi connectivity index (χ1v) is 9.18. The first-order chi connectivity index (χ1) is 13.9. The number of rotatable bonds is 5. The molecule has 1 heterocycles. The van der Waals surface area contributed by atoms with Gasteiger partial charge in [0.1, 0.15) is 34.0 Å². The van der Waals surface area contributed by atoms with Crippen LogP contribution in [0.15, 0.2) is 23.1 Å². The van der Waals surface area contributed by atoms with E-state index in [0.29, 0.717) is 0 Å². The molecular weight excluding hydrogens is 394 g/mol. The van der Waals surface area contributed by atoms with Crippen LogP contribution in [-0.4, -0.2) is 45.2 Å². The summed E-state index contributed by atoms with van der Waals surface area (Å²) >= 11 is 0. The maximum absolute atomic E-state index is 13.5. The van der Waals surface area contributed by atoms with Gasteiger partial charge in [-0.05, 0) is 27.7 Å². The average molecular weight is 415 g/mol. The Labute approximate surface area is 171 Å². The van der Waals surface area contributed by atoms with Gasteiger partial charge >= 0.3 is 5.97 Å². The summed E-state index contributed by atoms with van der Waals surface area (Å²) in [6.07, 6.45) is 0.896. The van der Waals surface area contributed by atoms with Crippen LogP contribution in [0, 0.1) is 6.92 Å². The highest BCUT2D eigenvalue weighted by molar-refractivity contribution is 6.31. The molecule has 0 fully saturated rings. The maximum Gasteiger partial charge on any atom is 0.305 e. The number of allylic oxidation sites excluding steroid dienone is 4. The molecule has 2 aliphatic rings. The molecule has 1 aliphatic heterocycles. The van der Waals surface area contributed by atoms with Crippen LogP contribution in [0.3, 0.4) is 0 Å². The molecule has 0 saturated heterocycles. The minimum Gasteiger partial charge on any atom is -0.507 e. The SMILES string of the molecule is CC(=O)c1c(O)c(C)c(O)c2c1OC1=CC(=O)/C(=C(/C)NCCC(=O)O)C(=O)[C@@]12C. The van der Waals surface area contributed by atoms with Crippen LogP contribution in [0.25, 0.3) is 0 Å². The van der Waals surface area contributed by atoms with E-state index in [1.54, 1.807) is 0 Å². The summed E-state index contributed by atoms with van der Waals surface area (Å²) in [7, 11) is 0. The number of ketones is 3. The minimum absolute atomic E-state index is 0.00239. The monoisotopic (exact) mass is 415 g/mol. The number of benzene rings is 1. The highest BCUT2D eigenvalue weighted by Crippen LogP contribution is 2.57. The van der Waals surface area contributed by atoms with E-state index in [-0.39, 0.29) is 52.4 Å². The molecule has 9 nitrogen and oxygen atoms in total. The Hall–Kier alpha value is -3.62. The molecule has 0 radical (unpaired) electrons. The van der Waals surface area contributed by atoms with Crippen molar-refractivity contribution in [3.05, 3.63) is 39.8 Å². The number of carbonyl (C=O) groups excluding carboxylic acids is 3. The van der Waals surface area contributed by atoms with Crippen LogP contribution in [0.2, 0.25) is 0 Å². The second-order valence-corrected chi connectivity index (χ2v) is 7.46. The Morgan fingerprint density at radius 3 is 2.37 bits per heavy atom. The summed E-state index contributed by atoms with van der Waals surface area (Å²) in [4.78, 5) is 48.9. The highest BCUT2D eigenvalue weighted by atomic mass is 16.5. The van der Waals surface area contributed by atoms with Crippen LogP contribution < -0.4 is 10.1 Å². The molecule has 4 N–H and O–H groups in total. The van der Waals surface area contributed by atoms with Gasteiger partial charge in [0.25, 0.3) is 0 Å². The summed E-state index contributed by atoms with van der Waals surface area (Å²) in [6.45, 7) is 5.57. The Morgan fingerprint density at radius 1 is 1.17 bits per heavy atom. The van der Waals surface area contributed by atoms with Gasteiger partial charge in [-0.2, -0.15) is 0 Å². The molecule has 1 aromatic rings. The smallest absolute Gasteiger partial charge is 0.305 e. The van der Waals surface area contributed by atoms with Gasteiger partial charge in [0.05, 0.1) is 17.6 Å². The number of phenolic OH excluding ortho intramolecular Hbond substituents is 2. The first-order valence-electron chi connectivity index (χ1n) is 9.18. The third-order valence-corrected chi connectivity index (χ3v) is 5.49. The van der Waals surface area contributed by atoms with E-state index in [0.717, 1.165) is 6.08 Å². The van der Waals surface area contributed by atoms with Gasteiger partial charge in [0.2, 0.25) is 0 Å². The van der Waals surface area contributed by atoms with Crippen molar-refractivity contribution >= 4 is 23.3 Å². The molecule has 3 rings (SSSR count). The lowest BCUT2D eigenvalue weighted by Gasteiger charge is -2.29. The molecule has 9 heteroatoms. The predicted molar refractivity (Wildman–Crippen MR) is 104 cm³/mol. The molecule has 1 aliphatic carbocycles. The van der Waals surface area contributed by atoms with Crippen LogP contribution in [0.1, 0.15) is 48.7 Å². The van der Waals surface area contributed by atoms with E-state index in [9.17, 15) is 29.4 Å². The Balaban J connectivity index is 2.21. The van der Waals surface area contributed by atoms with Gasteiger partial charge in [0.15, 0.2) is 17.3 Å². The van der Waals surface area contributed by atoms with E-state index < -0.39 is 40.2 Å². The number of carboxylic acids is 1. The molecule has 0 aromatic heterocycles. The van der Waals surface area contributed by atoms with Crippen LogP contribution in [0.4, 0.5) is 0 Å². The highest BCUT2D eigenvalue weighted by Gasteiger charge is 2.56. The Kier molecular flexibility index (Phi) is 4.93. The van der Waals surface area contributed by atoms with E-state index in [1.165, 1.54) is 27.7 Å². The van der Waals surface area contributed by atoms with E-state index in [2.05, 4.69) is 5.32 Å². The summed E-state index contributed by atoms with van der Waals surface area (Å²) in [6, 6.07) is 0. The third-order valence-electron chi connectivity index (χ3n) is 5.49. The second-order valence-electron chi connectivity index (χ2n) is 7.46. The average Bonchev–Trinajstić information content (AvgIpc) is 2.93. The lowest BCUT2D eigenvalue weighted by molar-refractivity contribution is -0.136. The van der Waals surface area contributed by atoms with Crippen LogP contribution in [-0.2, 0) is 19.8 Å². The largest absolute Gasteiger partial charge is 0.507 e. The van der Waals surface area contributed by atoms with Crippen molar-refractivity contribution in [2.24, 2.45) is 0 Å². The Bertz CT molecular complexity index is 1090. The number of carboxylic acid groups (broad SMARTS) is 1. The fraction of sp³-hybridized carbons (Fsp3) is 0.333. The summed E-state index contributed by atoms with van der Waals surface area (Å²) in [5.74, 6) is -3.96. The first kappa shape index (κ1) is 21.1. The fourth-order valence-electron chi connectivity index (χ4n) is 3.81. The van der Waals surface area contributed by atoms with Gasteiger partial charge in [-0.25, -0.2) is 0 Å². The molecule has 0 bridgehead atoms. The number of aliphatic carboxylic acids is 1. The van der Waals surface area contributed by atoms with Gasteiger partial charge in [-0.15, -0.1) is 0 Å². The van der Waals surface area contributed by atoms with Crippen molar-refractivity contribution in [3.63, 3.8) is 0 Å². The molecule has 0 spiro atoms. The van der Waals surface area contributed by atoms with E-state index in [4.69, 9.17) is 9.84 Å². The van der Waals surface area contributed by atoms with Crippen molar-refractivity contribution in [1.29, 1.82) is 0 Å². The quantitative estimate of drug-likeness (QED) is 0.320. The number of phenols is 2. The van der Waals surface area contributed by atoms with Gasteiger partial charge in [-0.1, -0.05) is 0 Å². The molecule has 1 atom stereocenters. The fourth-order valence-corrected chi connectivity index (χ4v) is 3.81. The molecule has 158 valence electrons. The van der Waals surface area contributed by atoms with Crippen LogP contribution >= 0.6 is 0 Å². The lowest BCUT2D eigenvalue weighted by atomic mass is 9.70. The molecule has 1 aromatic carbocycles. The number of hydrogen-bond donors (Lipinski definition) is 4. The number of carbonyl (C=O) groups is 4. The van der Waals surface area contributed by atoms with Gasteiger partial charge < -0.3 is 25.4 Å².